The van der Waals surface area contributed by atoms with E-state index in [2.05, 4.69) is 57.3 Å². The zero-order valence-corrected chi connectivity index (χ0v) is 25.3. The Bertz CT molecular complexity index is 1320. The Morgan fingerprint density at radius 3 is 2.42 bits per heavy atom. The Morgan fingerprint density at radius 2 is 1.74 bits per heavy atom. The van der Waals surface area contributed by atoms with Crippen LogP contribution in [0, 0.1) is 0 Å². The molecule has 2 saturated heterocycles. The second-order valence-corrected chi connectivity index (χ2v) is 13.1. The highest BCUT2D eigenvalue weighted by atomic mass is 19.4. The summed E-state index contributed by atoms with van der Waals surface area (Å²) in [6.07, 6.45) is -0.0300. The number of carbonyl (C=O) groups is 2. The van der Waals surface area contributed by atoms with Crippen molar-refractivity contribution >= 4 is 34.5 Å². The van der Waals surface area contributed by atoms with Crippen LogP contribution >= 0.6 is 0 Å². The lowest BCUT2D eigenvalue weighted by atomic mass is 9.84. The molecule has 5 rings (SSSR count). The number of aromatic nitrogens is 2. The second-order valence-electron chi connectivity index (χ2n) is 13.1. The van der Waals surface area contributed by atoms with Gasteiger partial charge in [0, 0.05) is 36.5 Å². The van der Waals surface area contributed by atoms with Crippen LogP contribution in [0.25, 0.3) is 10.9 Å². The number of fused-ring (bicyclic) bond motifs is 1. The standard InChI is InChI=1S/C30H43F3N8O2/c1-17(42)35-24-16-20(40-29(2,3)4)6-8-25(24)41-14-11-23(27(41)43)37-26-21-15-18(30(31,32)33)5-7-22(21)38-28(39-26)36-19-9-12-34-13-10-19/h5,7,15,19-20,23-25,34,40H,6,8-14,16H2,1-4H3,(H,35,42)(H2,36,37,38,39)/t20-,23+,24-,25+/m1/s1. The fourth-order valence-electron chi connectivity index (χ4n) is 6.65. The van der Waals surface area contributed by atoms with Crippen molar-refractivity contribution < 1.29 is 22.8 Å². The number of piperidine rings is 1. The third-order valence-electron chi connectivity index (χ3n) is 8.49. The van der Waals surface area contributed by atoms with E-state index in [1.807, 2.05) is 4.90 Å². The van der Waals surface area contributed by atoms with Crippen LogP contribution < -0.4 is 26.6 Å². The zero-order valence-electron chi connectivity index (χ0n) is 25.3. The number of hydrogen-bond donors (Lipinski definition) is 5. The van der Waals surface area contributed by atoms with Crippen LogP contribution in [0.15, 0.2) is 18.2 Å². The van der Waals surface area contributed by atoms with Crippen molar-refractivity contribution in [2.75, 3.05) is 30.3 Å². The molecule has 3 fully saturated rings. The number of nitrogens with zero attached hydrogens (tertiary/aromatic N) is 3. The van der Waals surface area contributed by atoms with E-state index < -0.39 is 17.8 Å². The predicted molar refractivity (Wildman–Crippen MR) is 160 cm³/mol. The third kappa shape index (κ3) is 7.67. The lowest BCUT2D eigenvalue weighted by molar-refractivity contribution is -0.137. The van der Waals surface area contributed by atoms with Crippen molar-refractivity contribution in [3.8, 4) is 0 Å². The first-order chi connectivity index (χ1) is 20.3. The van der Waals surface area contributed by atoms with Crippen LogP contribution in [0.1, 0.15) is 71.8 Å². The van der Waals surface area contributed by atoms with Crippen molar-refractivity contribution in [2.24, 2.45) is 0 Å². The minimum Gasteiger partial charge on any atom is -0.358 e. The number of benzene rings is 1. The minimum atomic E-state index is -4.53. The molecule has 0 spiro atoms. The van der Waals surface area contributed by atoms with Gasteiger partial charge in [0.2, 0.25) is 17.8 Å². The van der Waals surface area contributed by atoms with E-state index in [0.717, 1.165) is 50.9 Å². The summed E-state index contributed by atoms with van der Waals surface area (Å²) < 4.78 is 40.9. The first-order valence-electron chi connectivity index (χ1n) is 15.2. The lowest BCUT2D eigenvalue weighted by Crippen LogP contribution is -2.59. The molecular weight excluding hydrogens is 561 g/mol. The molecule has 2 aliphatic heterocycles. The topological polar surface area (TPSA) is 123 Å². The number of likely N-dealkylation sites (tertiary alicyclic amines) is 1. The molecule has 1 saturated carbocycles. The molecule has 0 bridgehead atoms. The Labute approximate surface area is 250 Å². The van der Waals surface area contributed by atoms with Crippen molar-refractivity contribution in [3.05, 3.63) is 23.8 Å². The molecule has 1 aromatic carbocycles. The first-order valence-corrected chi connectivity index (χ1v) is 15.2. The Balaban J connectivity index is 1.38. The van der Waals surface area contributed by atoms with Crippen LogP contribution in [0.3, 0.4) is 0 Å². The number of rotatable bonds is 7. The molecule has 3 heterocycles. The van der Waals surface area contributed by atoms with Gasteiger partial charge in [-0.3, -0.25) is 9.59 Å². The summed E-state index contributed by atoms with van der Waals surface area (Å²) >= 11 is 0. The molecule has 5 N–H and O–H groups in total. The number of nitrogens with one attached hydrogen (secondary N) is 5. The van der Waals surface area contributed by atoms with Gasteiger partial charge < -0.3 is 31.5 Å². The molecule has 0 radical (unpaired) electrons. The molecule has 2 aromatic rings. The Kier molecular flexibility index (Phi) is 9.03. The highest BCUT2D eigenvalue weighted by Gasteiger charge is 2.43. The maximum absolute atomic E-state index is 13.8. The van der Waals surface area contributed by atoms with E-state index in [1.54, 1.807) is 0 Å². The molecule has 13 heteroatoms. The van der Waals surface area contributed by atoms with Crippen LogP contribution in [-0.4, -0.2) is 82.1 Å². The van der Waals surface area contributed by atoms with Crippen LogP contribution in [0.2, 0.25) is 0 Å². The van der Waals surface area contributed by atoms with Crippen LogP contribution in [0.4, 0.5) is 24.9 Å². The number of hydrogen-bond acceptors (Lipinski definition) is 8. The summed E-state index contributed by atoms with van der Waals surface area (Å²) in [6.45, 7) is 9.99. The van der Waals surface area contributed by atoms with E-state index in [-0.39, 0.29) is 52.7 Å². The van der Waals surface area contributed by atoms with E-state index >= 15 is 0 Å². The average molecular weight is 605 g/mol. The maximum atomic E-state index is 13.8. The predicted octanol–water partition coefficient (Wildman–Crippen LogP) is 3.64. The monoisotopic (exact) mass is 604 g/mol. The van der Waals surface area contributed by atoms with Gasteiger partial charge in [-0.15, -0.1) is 0 Å². The maximum Gasteiger partial charge on any atom is 0.416 e. The Morgan fingerprint density at radius 1 is 1.00 bits per heavy atom. The summed E-state index contributed by atoms with van der Waals surface area (Å²) in [4.78, 5) is 36.8. The highest BCUT2D eigenvalue weighted by molar-refractivity contribution is 5.94. The van der Waals surface area contributed by atoms with Crippen molar-refractivity contribution in [1.82, 2.24) is 30.8 Å². The fourth-order valence-corrected chi connectivity index (χ4v) is 6.65. The zero-order chi connectivity index (χ0) is 30.9. The first kappa shape index (κ1) is 31.2. The molecule has 1 aromatic heterocycles. The SMILES string of the molecule is CC(=O)N[C@@H]1C[C@H](NC(C)(C)C)CC[C@@H]1N1CC[C@H](Nc2nc(NC3CCNCC3)nc3ccc(C(F)(F)F)cc23)C1=O. The van der Waals surface area contributed by atoms with Crippen LogP contribution in [0.5, 0.6) is 0 Å². The third-order valence-corrected chi connectivity index (χ3v) is 8.49. The number of alkyl halides is 3. The van der Waals surface area contributed by atoms with Gasteiger partial charge in [0.05, 0.1) is 23.2 Å². The summed E-state index contributed by atoms with van der Waals surface area (Å²) in [5.74, 6) is 0.229. The number of amides is 2. The molecule has 3 aliphatic rings. The van der Waals surface area contributed by atoms with Gasteiger partial charge in [-0.05, 0) is 90.6 Å². The largest absolute Gasteiger partial charge is 0.416 e. The average Bonchev–Trinajstić information content (AvgIpc) is 3.27. The summed E-state index contributed by atoms with van der Waals surface area (Å²) in [5, 5.41) is 16.7. The quantitative estimate of drug-likeness (QED) is 0.325. The molecular formula is C30H43F3N8O2. The number of anilines is 2. The highest BCUT2D eigenvalue weighted by Crippen LogP contribution is 2.35. The molecule has 43 heavy (non-hydrogen) atoms. The minimum absolute atomic E-state index is 0.0787. The Hall–Kier alpha value is -3.19. The smallest absolute Gasteiger partial charge is 0.358 e. The fraction of sp³-hybridized carbons (Fsp3) is 0.667. The van der Waals surface area contributed by atoms with E-state index in [9.17, 15) is 22.8 Å². The van der Waals surface area contributed by atoms with Gasteiger partial charge in [0.15, 0.2) is 0 Å². The van der Waals surface area contributed by atoms with E-state index in [4.69, 9.17) is 0 Å². The summed E-state index contributed by atoms with van der Waals surface area (Å²) in [7, 11) is 0. The normalized spacial score (nSPS) is 25.7. The lowest BCUT2D eigenvalue weighted by Gasteiger charge is -2.43. The van der Waals surface area contributed by atoms with Gasteiger partial charge in [0.1, 0.15) is 11.9 Å². The van der Waals surface area contributed by atoms with Gasteiger partial charge >= 0.3 is 6.18 Å². The molecule has 10 nitrogen and oxygen atoms in total. The van der Waals surface area contributed by atoms with Gasteiger partial charge in [0.25, 0.3) is 0 Å². The van der Waals surface area contributed by atoms with Gasteiger partial charge in [-0.1, -0.05) is 0 Å². The number of halogens is 3. The van der Waals surface area contributed by atoms with E-state index in [1.165, 1.54) is 13.0 Å². The van der Waals surface area contributed by atoms with Crippen molar-refractivity contribution in [2.45, 2.75) is 108 Å². The summed E-state index contributed by atoms with van der Waals surface area (Å²) in [5.41, 5.74) is -0.520. The van der Waals surface area contributed by atoms with Gasteiger partial charge in [-0.2, -0.15) is 18.2 Å². The molecule has 4 atom stereocenters. The van der Waals surface area contributed by atoms with Crippen LogP contribution in [-0.2, 0) is 15.8 Å². The summed E-state index contributed by atoms with van der Waals surface area (Å²) in [6, 6.07) is 2.72. The number of carbonyl (C=O) groups excluding carboxylic acids is 2. The molecule has 1 aliphatic carbocycles. The molecule has 2 amide bonds. The molecule has 236 valence electrons. The van der Waals surface area contributed by atoms with E-state index in [0.29, 0.717) is 30.9 Å². The molecule has 0 unspecified atom stereocenters. The second kappa shape index (κ2) is 12.4. The van der Waals surface area contributed by atoms with Crippen molar-refractivity contribution in [3.63, 3.8) is 0 Å². The van der Waals surface area contributed by atoms with Gasteiger partial charge in [-0.25, -0.2) is 4.98 Å². The van der Waals surface area contributed by atoms with Crippen molar-refractivity contribution in [1.29, 1.82) is 0 Å².